The summed E-state index contributed by atoms with van der Waals surface area (Å²) >= 11 is 11.9. The Labute approximate surface area is 135 Å². The van der Waals surface area contributed by atoms with E-state index in [4.69, 9.17) is 28.9 Å². The largest absolute Gasteiger partial charge is 0.327 e. The van der Waals surface area contributed by atoms with Gasteiger partial charge < -0.3 is 5.73 Å². The molecule has 1 aliphatic heterocycles. The van der Waals surface area contributed by atoms with Crippen LogP contribution in [0.2, 0.25) is 10.0 Å². The molecule has 1 saturated heterocycles. The zero-order valence-corrected chi connectivity index (χ0v) is 13.8. The molecule has 0 radical (unpaired) electrons. The zero-order chi connectivity index (χ0) is 15.2. The molecule has 3 unspecified atom stereocenters. The molecule has 1 aromatic carbocycles. The van der Waals surface area contributed by atoms with Gasteiger partial charge in [-0.2, -0.15) is 0 Å². The van der Waals surface area contributed by atoms with E-state index < -0.39 is 10.0 Å². The number of halogens is 2. The van der Waals surface area contributed by atoms with Crippen molar-refractivity contribution in [3.05, 3.63) is 33.8 Å². The summed E-state index contributed by atoms with van der Waals surface area (Å²) in [7, 11) is -3.35. The molecule has 2 aliphatic rings. The Bertz CT molecular complexity index is 630. The third-order valence-electron chi connectivity index (χ3n) is 4.54. The van der Waals surface area contributed by atoms with Crippen LogP contribution in [0, 0.1) is 11.8 Å². The second-order valence-electron chi connectivity index (χ2n) is 6.02. The average Bonchev–Trinajstić information content (AvgIpc) is 2.90. The van der Waals surface area contributed by atoms with E-state index in [2.05, 4.69) is 0 Å². The fourth-order valence-corrected chi connectivity index (χ4v) is 5.65. The van der Waals surface area contributed by atoms with E-state index in [-0.39, 0.29) is 11.8 Å². The van der Waals surface area contributed by atoms with Crippen LogP contribution in [-0.4, -0.2) is 31.9 Å². The molecule has 1 aromatic rings. The van der Waals surface area contributed by atoms with Crippen molar-refractivity contribution >= 4 is 33.2 Å². The standard InChI is InChI=1S/C14H18Cl2N2O2S/c15-11-3-9(4-12(16)5-11)8-21(19,20)18-6-10-1-2-14(17)13(10)7-18/h3-5,10,13-14H,1-2,6-8,17H2. The van der Waals surface area contributed by atoms with Gasteiger partial charge in [-0.3, -0.25) is 0 Å². The van der Waals surface area contributed by atoms with Crippen molar-refractivity contribution in [2.45, 2.75) is 24.6 Å². The first kappa shape index (κ1) is 15.6. The summed E-state index contributed by atoms with van der Waals surface area (Å²) in [5.74, 6) is 0.655. The predicted molar refractivity (Wildman–Crippen MR) is 84.8 cm³/mol. The number of rotatable bonds is 3. The maximum absolute atomic E-state index is 12.6. The van der Waals surface area contributed by atoms with Gasteiger partial charge in [0.15, 0.2) is 0 Å². The van der Waals surface area contributed by atoms with Gasteiger partial charge in [0.1, 0.15) is 0 Å². The minimum absolute atomic E-state index is 0.0675. The smallest absolute Gasteiger partial charge is 0.218 e. The molecule has 0 spiro atoms. The number of hydrogen-bond acceptors (Lipinski definition) is 3. The van der Waals surface area contributed by atoms with Crippen LogP contribution in [0.5, 0.6) is 0 Å². The second kappa shape index (κ2) is 5.70. The van der Waals surface area contributed by atoms with Gasteiger partial charge in [0, 0.05) is 29.2 Å². The molecule has 1 heterocycles. The summed E-state index contributed by atoms with van der Waals surface area (Å²) in [6, 6.07) is 5.02. The number of benzene rings is 1. The fraction of sp³-hybridized carbons (Fsp3) is 0.571. The molecule has 3 atom stereocenters. The molecule has 0 aromatic heterocycles. The van der Waals surface area contributed by atoms with Crippen molar-refractivity contribution in [1.29, 1.82) is 0 Å². The minimum Gasteiger partial charge on any atom is -0.327 e. The first-order valence-electron chi connectivity index (χ1n) is 7.03. The molecule has 2 N–H and O–H groups in total. The molecule has 2 fully saturated rings. The highest BCUT2D eigenvalue weighted by Crippen LogP contribution is 2.38. The maximum Gasteiger partial charge on any atom is 0.218 e. The van der Waals surface area contributed by atoms with Crippen LogP contribution in [0.25, 0.3) is 0 Å². The van der Waals surface area contributed by atoms with Crippen LogP contribution in [0.1, 0.15) is 18.4 Å². The van der Waals surface area contributed by atoms with Crippen molar-refractivity contribution in [3.63, 3.8) is 0 Å². The normalized spacial score (nSPS) is 29.8. The van der Waals surface area contributed by atoms with Crippen molar-refractivity contribution in [2.75, 3.05) is 13.1 Å². The van der Waals surface area contributed by atoms with E-state index >= 15 is 0 Å². The summed E-state index contributed by atoms with van der Waals surface area (Å²) in [6.45, 7) is 1.14. The Morgan fingerprint density at radius 1 is 1.14 bits per heavy atom. The van der Waals surface area contributed by atoms with Crippen LogP contribution in [0.4, 0.5) is 0 Å². The summed E-state index contributed by atoms with van der Waals surface area (Å²) in [5.41, 5.74) is 6.68. The Hall–Kier alpha value is -0.330. The van der Waals surface area contributed by atoms with Gasteiger partial charge in [-0.25, -0.2) is 12.7 Å². The van der Waals surface area contributed by atoms with Crippen LogP contribution < -0.4 is 5.73 Å². The Kier molecular flexibility index (Phi) is 4.23. The lowest BCUT2D eigenvalue weighted by molar-refractivity contribution is 0.426. The van der Waals surface area contributed by atoms with Gasteiger partial charge in [-0.15, -0.1) is 0 Å². The van der Waals surface area contributed by atoms with Crippen LogP contribution >= 0.6 is 23.2 Å². The van der Waals surface area contributed by atoms with Gasteiger partial charge in [-0.1, -0.05) is 23.2 Å². The summed E-state index contributed by atoms with van der Waals surface area (Å²) in [5, 5.41) is 0.904. The second-order valence-corrected chi connectivity index (χ2v) is 8.86. The quantitative estimate of drug-likeness (QED) is 0.912. The first-order chi connectivity index (χ1) is 9.85. The van der Waals surface area contributed by atoms with Gasteiger partial charge in [0.2, 0.25) is 10.0 Å². The van der Waals surface area contributed by atoms with Gasteiger partial charge >= 0.3 is 0 Å². The van der Waals surface area contributed by atoms with Crippen molar-refractivity contribution < 1.29 is 8.42 Å². The van der Waals surface area contributed by atoms with Crippen molar-refractivity contribution in [2.24, 2.45) is 17.6 Å². The predicted octanol–water partition coefficient (Wildman–Crippen LogP) is 2.49. The fourth-order valence-electron chi connectivity index (χ4n) is 3.49. The first-order valence-corrected chi connectivity index (χ1v) is 9.40. The van der Waals surface area contributed by atoms with Crippen LogP contribution in [0.3, 0.4) is 0 Å². The lowest BCUT2D eigenvalue weighted by atomic mass is 9.98. The van der Waals surface area contributed by atoms with Crippen molar-refractivity contribution in [3.8, 4) is 0 Å². The number of sulfonamides is 1. The number of hydrogen-bond donors (Lipinski definition) is 1. The van der Waals surface area contributed by atoms with E-state index in [1.807, 2.05) is 0 Å². The third-order valence-corrected chi connectivity index (χ3v) is 6.76. The molecular weight excluding hydrogens is 331 g/mol. The highest BCUT2D eigenvalue weighted by molar-refractivity contribution is 7.88. The van der Waals surface area contributed by atoms with E-state index in [0.717, 1.165) is 12.8 Å². The molecule has 1 aliphatic carbocycles. The minimum atomic E-state index is -3.35. The average molecular weight is 349 g/mol. The van der Waals surface area contributed by atoms with Gasteiger partial charge in [0.25, 0.3) is 0 Å². The number of nitrogens with zero attached hydrogens (tertiary/aromatic N) is 1. The van der Waals surface area contributed by atoms with Gasteiger partial charge in [0.05, 0.1) is 5.75 Å². The molecule has 0 bridgehead atoms. The maximum atomic E-state index is 12.6. The van der Waals surface area contributed by atoms with E-state index in [0.29, 0.717) is 40.5 Å². The van der Waals surface area contributed by atoms with Gasteiger partial charge in [-0.05, 0) is 48.4 Å². The Morgan fingerprint density at radius 3 is 2.43 bits per heavy atom. The molecule has 4 nitrogen and oxygen atoms in total. The summed E-state index contributed by atoms with van der Waals surface area (Å²) in [6.07, 6.45) is 2.04. The molecule has 1 saturated carbocycles. The van der Waals surface area contributed by atoms with Crippen LogP contribution in [0.15, 0.2) is 18.2 Å². The topological polar surface area (TPSA) is 63.4 Å². The molecular formula is C14H18Cl2N2O2S. The molecule has 3 rings (SSSR count). The Balaban J connectivity index is 1.76. The Morgan fingerprint density at radius 2 is 1.81 bits per heavy atom. The number of fused-ring (bicyclic) bond motifs is 1. The van der Waals surface area contributed by atoms with E-state index in [1.165, 1.54) is 0 Å². The molecule has 7 heteroatoms. The lowest BCUT2D eigenvalue weighted by Gasteiger charge is -2.18. The lowest BCUT2D eigenvalue weighted by Crippen LogP contribution is -2.34. The van der Waals surface area contributed by atoms with E-state index in [9.17, 15) is 8.42 Å². The SMILES string of the molecule is NC1CCC2CN(S(=O)(=O)Cc3cc(Cl)cc(Cl)c3)CC12. The van der Waals surface area contributed by atoms with E-state index in [1.54, 1.807) is 22.5 Å². The highest BCUT2D eigenvalue weighted by atomic mass is 35.5. The monoisotopic (exact) mass is 348 g/mol. The third kappa shape index (κ3) is 3.22. The summed E-state index contributed by atoms with van der Waals surface area (Å²) in [4.78, 5) is 0. The van der Waals surface area contributed by atoms with Crippen molar-refractivity contribution in [1.82, 2.24) is 4.31 Å². The summed E-state index contributed by atoms with van der Waals surface area (Å²) < 4.78 is 26.7. The van der Waals surface area contributed by atoms with Crippen LogP contribution in [-0.2, 0) is 15.8 Å². The number of nitrogens with two attached hydrogens (primary N) is 1. The molecule has 116 valence electrons. The zero-order valence-electron chi connectivity index (χ0n) is 11.5. The molecule has 21 heavy (non-hydrogen) atoms. The highest BCUT2D eigenvalue weighted by Gasteiger charge is 2.44. The molecule has 0 amide bonds.